The molecule has 3 rings (SSSR count). The van der Waals surface area contributed by atoms with Gasteiger partial charge in [-0.1, -0.05) is 11.6 Å². The molecule has 0 aliphatic heterocycles. The highest BCUT2D eigenvalue weighted by Crippen LogP contribution is 2.35. The molecule has 25 heavy (non-hydrogen) atoms. The number of fused-ring (bicyclic) bond motifs is 1. The normalized spacial score (nSPS) is 11.1. The van der Waals surface area contributed by atoms with Crippen molar-refractivity contribution < 1.29 is 19.0 Å². The number of benzene rings is 1. The number of carboxylic acids is 1. The second-order valence-electron chi connectivity index (χ2n) is 5.44. The Bertz CT molecular complexity index is 1000. The Labute approximate surface area is 147 Å². The summed E-state index contributed by atoms with van der Waals surface area (Å²) in [7, 11) is 1.30. The van der Waals surface area contributed by atoms with Crippen LogP contribution in [0.25, 0.3) is 22.4 Å². The molecular weight excluding hydrogens is 349 g/mol. The summed E-state index contributed by atoms with van der Waals surface area (Å²) >= 11 is 5.91. The summed E-state index contributed by atoms with van der Waals surface area (Å²) in [4.78, 5) is 20.1. The minimum atomic E-state index is -1.20. The molecule has 2 heterocycles. The van der Waals surface area contributed by atoms with Gasteiger partial charge in [0.25, 0.3) is 0 Å². The zero-order valence-electron chi connectivity index (χ0n) is 13.8. The SMILES string of the molecule is CCn1cc(C)c2c(C(=O)O)nc(-c3ccc(Cl)c(OC)c3F)nc21. The molecule has 0 bridgehead atoms. The summed E-state index contributed by atoms with van der Waals surface area (Å²) in [5, 5.41) is 10.1. The average Bonchev–Trinajstić information content (AvgIpc) is 2.90. The Morgan fingerprint density at radius 2 is 2.12 bits per heavy atom. The molecule has 0 saturated carbocycles. The first-order valence-corrected chi connectivity index (χ1v) is 7.89. The van der Waals surface area contributed by atoms with Crippen LogP contribution in [0, 0.1) is 12.7 Å². The Morgan fingerprint density at radius 1 is 1.40 bits per heavy atom. The first-order chi connectivity index (χ1) is 11.9. The van der Waals surface area contributed by atoms with Crippen molar-refractivity contribution in [2.75, 3.05) is 7.11 Å². The van der Waals surface area contributed by atoms with E-state index < -0.39 is 11.8 Å². The van der Waals surface area contributed by atoms with Crippen LogP contribution in [0.3, 0.4) is 0 Å². The van der Waals surface area contributed by atoms with Crippen LogP contribution in [0.15, 0.2) is 18.3 Å². The largest absolute Gasteiger partial charge is 0.492 e. The summed E-state index contributed by atoms with van der Waals surface area (Å²) in [5.41, 5.74) is 1.04. The van der Waals surface area contributed by atoms with Gasteiger partial charge in [0.2, 0.25) is 0 Å². The van der Waals surface area contributed by atoms with E-state index >= 15 is 0 Å². The number of hydrogen-bond donors (Lipinski definition) is 1. The molecular formula is C17H15ClFN3O3. The summed E-state index contributed by atoms with van der Waals surface area (Å²) in [6.07, 6.45) is 1.80. The fourth-order valence-electron chi connectivity index (χ4n) is 2.79. The Morgan fingerprint density at radius 3 is 2.72 bits per heavy atom. The second-order valence-corrected chi connectivity index (χ2v) is 5.85. The average molecular weight is 364 g/mol. The van der Waals surface area contributed by atoms with E-state index in [-0.39, 0.29) is 27.9 Å². The molecule has 6 nitrogen and oxygen atoms in total. The molecule has 8 heteroatoms. The topological polar surface area (TPSA) is 77.2 Å². The number of hydrogen-bond acceptors (Lipinski definition) is 4. The molecule has 130 valence electrons. The maximum atomic E-state index is 14.7. The molecule has 1 aromatic carbocycles. The van der Waals surface area contributed by atoms with Gasteiger partial charge in [0.1, 0.15) is 5.65 Å². The van der Waals surface area contributed by atoms with Gasteiger partial charge in [-0.05, 0) is 31.5 Å². The van der Waals surface area contributed by atoms with Gasteiger partial charge >= 0.3 is 5.97 Å². The number of carbonyl (C=O) groups is 1. The zero-order chi connectivity index (χ0) is 18.3. The summed E-state index contributed by atoms with van der Waals surface area (Å²) < 4.78 is 21.5. The molecule has 0 atom stereocenters. The van der Waals surface area contributed by atoms with Crippen LogP contribution in [-0.2, 0) is 6.54 Å². The molecule has 0 radical (unpaired) electrons. The van der Waals surface area contributed by atoms with Crippen LogP contribution in [-0.4, -0.2) is 32.7 Å². The maximum Gasteiger partial charge on any atom is 0.355 e. The van der Waals surface area contributed by atoms with Crippen LogP contribution in [0.4, 0.5) is 4.39 Å². The molecule has 0 saturated heterocycles. The minimum absolute atomic E-state index is 0.0205. The van der Waals surface area contributed by atoms with E-state index in [1.54, 1.807) is 17.7 Å². The summed E-state index contributed by atoms with van der Waals surface area (Å²) in [6, 6.07) is 2.86. The van der Waals surface area contributed by atoms with Crippen molar-refractivity contribution in [2.24, 2.45) is 0 Å². The van der Waals surface area contributed by atoms with Crippen molar-refractivity contribution in [3.63, 3.8) is 0 Å². The van der Waals surface area contributed by atoms with E-state index in [0.29, 0.717) is 17.6 Å². The monoisotopic (exact) mass is 363 g/mol. The van der Waals surface area contributed by atoms with Crippen LogP contribution in [0.5, 0.6) is 5.75 Å². The fraction of sp³-hybridized carbons (Fsp3) is 0.235. The van der Waals surface area contributed by atoms with E-state index in [0.717, 1.165) is 5.56 Å². The van der Waals surface area contributed by atoms with E-state index in [2.05, 4.69) is 9.97 Å². The van der Waals surface area contributed by atoms with Gasteiger partial charge in [-0.2, -0.15) is 0 Å². The van der Waals surface area contributed by atoms with Crippen LogP contribution in [0.2, 0.25) is 5.02 Å². The van der Waals surface area contributed by atoms with Crippen LogP contribution in [0.1, 0.15) is 23.0 Å². The zero-order valence-corrected chi connectivity index (χ0v) is 14.6. The van der Waals surface area contributed by atoms with Gasteiger partial charge < -0.3 is 14.4 Å². The Kier molecular flexibility index (Phi) is 4.34. The predicted molar refractivity (Wildman–Crippen MR) is 91.9 cm³/mol. The van der Waals surface area contributed by atoms with Gasteiger partial charge in [0, 0.05) is 12.7 Å². The van der Waals surface area contributed by atoms with E-state index in [1.165, 1.54) is 19.2 Å². The van der Waals surface area contributed by atoms with E-state index in [4.69, 9.17) is 16.3 Å². The highest BCUT2D eigenvalue weighted by atomic mass is 35.5. The highest BCUT2D eigenvalue weighted by molar-refractivity contribution is 6.32. The first kappa shape index (κ1) is 17.2. The molecule has 0 fully saturated rings. The van der Waals surface area contributed by atoms with Gasteiger partial charge in [-0.3, -0.25) is 0 Å². The quantitative estimate of drug-likeness (QED) is 0.760. The van der Waals surface area contributed by atoms with Gasteiger partial charge in [0.15, 0.2) is 23.1 Å². The number of nitrogens with zero attached hydrogens (tertiary/aromatic N) is 3. The van der Waals surface area contributed by atoms with Crippen molar-refractivity contribution in [3.8, 4) is 17.1 Å². The summed E-state index contributed by atoms with van der Waals surface area (Å²) in [5.74, 6) is -2.11. The molecule has 2 aromatic heterocycles. The van der Waals surface area contributed by atoms with Gasteiger partial charge in [0.05, 0.1) is 23.1 Å². The van der Waals surface area contributed by atoms with Crippen molar-refractivity contribution in [1.82, 2.24) is 14.5 Å². The third-order valence-corrected chi connectivity index (χ3v) is 4.24. The molecule has 0 unspecified atom stereocenters. The van der Waals surface area contributed by atoms with Gasteiger partial charge in [-0.15, -0.1) is 0 Å². The van der Waals surface area contributed by atoms with Crippen molar-refractivity contribution in [2.45, 2.75) is 20.4 Å². The lowest BCUT2D eigenvalue weighted by Gasteiger charge is -2.10. The van der Waals surface area contributed by atoms with Crippen LogP contribution < -0.4 is 4.74 Å². The number of ether oxygens (including phenoxy) is 1. The predicted octanol–water partition coefficient (Wildman–Crippen LogP) is 3.93. The van der Waals surface area contributed by atoms with Crippen LogP contribution >= 0.6 is 11.6 Å². The molecule has 0 spiro atoms. The lowest BCUT2D eigenvalue weighted by Crippen LogP contribution is -2.07. The number of aromatic carboxylic acids is 1. The number of carboxylic acid groups (broad SMARTS) is 1. The standard InChI is InChI=1S/C17H15ClFN3O3/c1-4-22-7-8(2)11-13(17(23)24)20-15(21-16(11)22)9-5-6-10(18)14(25-3)12(9)19/h5-7H,4H2,1-3H3,(H,23,24). The lowest BCUT2D eigenvalue weighted by molar-refractivity contribution is 0.0692. The van der Waals surface area contributed by atoms with E-state index in [1.807, 2.05) is 6.92 Å². The fourth-order valence-corrected chi connectivity index (χ4v) is 3.01. The smallest absolute Gasteiger partial charge is 0.355 e. The highest BCUT2D eigenvalue weighted by Gasteiger charge is 2.22. The minimum Gasteiger partial charge on any atom is -0.492 e. The number of methoxy groups -OCH3 is 1. The van der Waals surface area contributed by atoms with Crippen molar-refractivity contribution in [3.05, 3.63) is 40.4 Å². The number of aromatic nitrogens is 3. The summed E-state index contributed by atoms with van der Waals surface area (Å²) in [6.45, 7) is 4.29. The molecule has 3 aromatic rings. The number of aryl methyl sites for hydroxylation is 2. The van der Waals surface area contributed by atoms with E-state index in [9.17, 15) is 14.3 Å². The molecule has 0 aliphatic carbocycles. The maximum absolute atomic E-state index is 14.7. The first-order valence-electron chi connectivity index (χ1n) is 7.52. The van der Waals surface area contributed by atoms with Crippen molar-refractivity contribution in [1.29, 1.82) is 0 Å². The number of rotatable bonds is 4. The molecule has 1 N–H and O–H groups in total. The lowest BCUT2D eigenvalue weighted by atomic mass is 10.1. The number of halogens is 2. The Balaban J connectivity index is 2.37. The Hall–Kier alpha value is -2.67. The van der Waals surface area contributed by atoms with Crippen molar-refractivity contribution >= 4 is 28.6 Å². The second kappa shape index (κ2) is 6.33. The third-order valence-electron chi connectivity index (χ3n) is 3.94. The van der Waals surface area contributed by atoms with Gasteiger partial charge in [-0.25, -0.2) is 19.2 Å². The third kappa shape index (κ3) is 2.70. The molecule has 0 aliphatic rings. The molecule has 0 amide bonds.